The second-order valence-electron chi connectivity index (χ2n) is 8.65. The van der Waals surface area contributed by atoms with Gasteiger partial charge in [-0.25, -0.2) is 9.78 Å². The number of alkyl halides is 3. The van der Waals surface area contributed by atoms with E-state index in [2.05, 4.69) is 9.97 Å². The van der Waals surface area contributed by atoms with Crippen molar-refractivity contribution in [1.82, 2.24) is 9.97 Å². The summed E-state index contributed by atoms with van der Waals surface area (Å²) in [5, 5.41) is 0.0472. The molecule has 0 spiro atoms. The van der Waals surface area contributed by atoms with Crippen LogP contribution in [0.25, 0.3) is 10.9 Å². The van der Waals surface area contributed by atoms with Gasteiger partial charge in [-0.3, -0.25) is 4.79 Å². The summed E-state index contributed by atoms with van der Waals surface area (Å²) in [4.78, 5) is 31.0. The molecule has 3 aromatic rings. The van der Waals surface area contributed by atoms with Crippen LogP contribution in [0.2, 0.25) is 0 Å². The third-order valence-corrected chi connectivity index (χ3v) is 4.79. The summed E-state index contributed by atoms with van der Waals surface area (Å²) >= 11 is 0. The minimum Gasteiger partial charge on any atom is -0.486 e. The van der Waals surface area contributed by atoms with Crippen molar-refractivity contribution in [2.45, 2.75) is 58.9 Å². The maximum absolute atomic E-state index is 13.9. The fourth-order valence-electron chi connectivity index (χ4n) is 3.37. The number of carbonyl (C=O) groups is 1. The molecule has 0 amide bonds. The van der Waals surface area contributed by atoms with Crippen LogP contribution in [-0.2, 0) is 10.9 Å². The first-order chi connectivity index (χ1) is 15.3. The van der Waals surface area contributed by atoms with Gasteiger partial charge in [-0.15, -0.1) is 0 Å². The van der Waals surface area contributed by atoms with Gasteiger partial charge in [0.25, 0.3) is 5.56 Å². The molecule has 2 aromatic carbocycles. The smallest absolute Gasteiger partial charge is 0.416 e. The first kappa shape index (κ1) is 24.3. The number of fused-ring (bicyclic) bond motifs is 1. The number of nitrogens with zero attached hydrogens (tertiary/aromatic N) is 1. The fraction of sp³-hybridized carbons (Fsp3) is 0.375. The highest BCUT2D eigenvalue weighted by atomic mass is 19.4. The molecule has 0 fully saturated rings. The Bertz CT molecular complexity index is 1230. The maximum Gasteiger partial charge on any atom is 0.416 e. The van der Waals surface area contributed by atoms with Crippen molar-refractivity contribution in [3.8, 4) is 5.75 Å². The Morgan fingerprint density at radius 3 is 2.30 bits per heavy atom. The van der Waals surface area contributed by atoms with E-state index in [0.29, 0.717) is 5.56 Å². The molecule has 0 bridgehead atoms. The van der Waals surface area contributed by atoms with E-state index >= 15 is 0 Å². The molecule has 0 radical (unpaired) electrons. The van der Waals surface area contributed by atoms with Gasteiger partial charge in [0.2, 0.25) is 0 Å². The molecule has 6 nitrogen and oxygen atoms in total. The number of aromatic nitrogens is 2. The third-order valence-electron chi connectivity index (χ3n) is 4.79. The highest BCUT2D eigenvalue weighted by Gasteiger charge is 2.36. The summed E-state index contributed by atoms with van der Waals surface area (Å²) in [7, 11) is 0. The van der Waals surface area contributed by atoms with E-state index in [1.807, 2.05) is 0 Å². The second kappa shape index (κ2) is 8.88. The number of aryl methyl sites for hydroxylation is 1. The number of rotatable bonds is 5. The van der Waals surface area contributed by atoms with Gasteiger partial charge >= 0.3 is 12.1 Å². The second-order valence-corrected chi connectivity index (χ2v) is 8.65. The molecule has 0 aliphatic rings. The van der Waals surface area contributed by atoms with E-state index in [1.54, 1.807) is 27.7 Å². The zero-order valence-corrected chi connectivity index (χ0v) is 19.0. The molecular weight excluding hydrogens is 437 g/mol. The lowest BCUT2D eigenvalue weighted by molar-refractivity contribution is -0.139. The van der Waals surface area contributed by atoms with Gasteiger partial charge in [0.05, 0.1) is 22.0 Å². The summed E-state index contributed by atoms with van der Waals surface area (Å²) in [6.45, 7) is 8.43. The molecule has 1 heterocycles. The van der Waals surface area contributed by atoms with Crippen molar-refractivity contribution >= 4 is 16.9 Å². The van der Waals surface area contributed by atoms with Crippen LogP contribution in [0.3, 0.4) is 0 Å². The number of hydrogen-bond acceptors (Lipinski definition) is 5. The molecule has 3 rings (SSSR count). The van der Waals surface area contributed by atoms with Gasteiger partial charge in [0.1, 0.15) is 23.3 Å². The Morgan fingerprint density at radius 1 is 1.12 bits per heavy atom. The minimum atomic E-state index is -4.67. The first-order valence-corrected chi connectivity index (χ1v) is 10.4. The third kappa shape index (κ3) is 5.71. The Balaban J connectivity index is 1.98. The van der Waals surface area contributed by atoms with Crippen molar-refractivity contribution in [3.05, 3.63) is 69.3 Å². The zero-order chi connectivity index (χ0) is 24.6. The van der Waals surface area contributed by atoms with Crippen LogP contribution in [0.15, 0.2) is 41.2 Å². The number of esters is 1. The van der Waals surface area contributed by atoms with E-state index < -0.39 is 35.0 Å². The van der Waals surface area contributed by atoms with Gasteiger partial charge < -0.3 is 14.5 Å². The first-order valence-electron chi connectivity index (χ1n) is 10.4. The number of ether oxygens (including phenoxy) is 2. The van der Waals surface area contributed by atoms with Crippen molar-refractivity contribution in [1.29, 1.82) is 0 Å². The molecule has 0 aliphatic heterocycles. The van der Waals surface area contributed by atoms with Crippen molar-refractivity contribution < 1.29 is 27.4 Å². The van der Waals surface area contributed by atoms with E-state index in [-0.39, 0.29) is 34.5 Å². The highest BCUT2D eigenvalue weighted by molar-refractivity contribution is 5.89. The van der Waals surface area contributed by atoms with Crippen LogP contribution in [0, 0.1) is 6.92 Å². The number of halogens is 3. The molecule has 0 unspecified atom stereocenters. The highest BCUT2D eigenvalue weighted by Crippen LogP contribution is 2.38. The zero-order valence-electron chi connectivity index (χ0n) is 19.0. The largest absolute Gasteiger partial charge is 0.486 e. The molecular formula is C24H25F3N2O4. The molecule has 9 heteroatoms. The van der Waals surface area contributed by atoms with Crippen LogP contribution in [0.5, 0.6) is 5.75 Å². The average molecular weight is 462 g/mol. The molecule has 0 saturated carbocycles. The number of hydrogen-bond donors (Lipinski definition) is 1. The summed E-state index contributed by atoms with van der Waals surface area (Å²) in [5.74, 6) is -0.0166. The summed E-state index contributed by atoms with van der Waals surface area (Å²) in [6, 6.07) is 8.02. The van der Waals surface area contributed by atoms with Gasteiger partial charge in [-0.1, -0.05) is 6.92 Å². The topological polar surface area (TPSA) is 81.3 Å². The molecule has 0 saturated heterocycles. The van der Waals surface area contributed by atoms with Gasteiger partial charge in [0.15, 0.2) is 0 Å². The average Bonchev–Trinajstić information content (AvgIpc) is 2.69. The maximum atomic E-state index is 13.9. The molecule has 0 aliphatic carbocycles. The molecule has 176 valence electrons. The Labute approximate surface area is 188 Å². The molecule has 1 aromatic heterocycles. The standard InChI is InChI=1S/C24H25F3N2O4/c1-6-20(32-15-9-7-14(8-10-15)22(31)33-23(3,4)5)16-11-17-19(12-18(16)24(25,26)27)28-13(2)29-21(17)30/h7-12,20H,6H2,1-5H3,(H,28,29,30)/t20-/m0/s1. The summed E-state index contributed by atoms with van der Waals surface area (Å²) in [6.07, 6.45) is -5.45. The van der Waals surface area contributed by atoms with Crippen LogP contribution in [0.4, 0.5) is 13.2 Å². The molecule has 33 heavy (non-hydrogen) atoms. The van der Waals surface area contributed by atoms with E-state index in [4.69, 9.17) is 9.47 Å². The Hall–Kier alpha value is -3.36. The molecule has 1 N–H and O–H groups in total. The lowest BCUT2D eigenvalue weighted by Crippen LogP contribution is -2.23. The van der Waals surface area contributed by atoms with Crippen LogP contribution in [-0.4, -0.2) is 21.5 Å². The summed E-state index contributed by atoms with van der Waals surface area (Å²) in [5.41, 5.74) is -2.00. The lowest BCUT2D eigenvalue weighted by atomic mass is 9.97. The van der Waals surface area contributed by atoms with Gasteiger partial charge in [-0.2, -0.15) is 13.2 Å². The predicted molar refractivity (Wildman–Crippen MR) is 117 cm³/mol. The van der Waals surface area contributed by atoms with Crippen LogP contribution in [0.1, 0.15) is 67.5 Å². The quantitative estimate of drug-likeness (QED) is 0.490. The Kier molecular flexibility index (Phi) is 6.53. The SMILES string of the molecule is CC[C@H](Oc1ccc(C(=O)OC(C)(C)C)cc1)c1cc2c(=O)[nH]c(C)nc2cc1C(F)(F)F. The monoisotopic (exact) mass is 462 g/mol. The summed E-state index contributed by atoms with van der Waals surface area (Å²) < 4.78 is 52.8. The van der Waals surface area contributed by atoms with Crippen LogP contribution < -0.4 is 10.3 Å². The predicted octanol–water partition coefficient (Wildman–Crippen LogP) is 5.74. The van der Waals surface area contributed by atoms with E-state index in [1.165, 1.54) is 37.3 Å². The number of H-pyrrole nitrogens is 1. The Morgan fingerprint density at radius 2 is 1.76 bits per heavy atom. The van der Waals surface area contributed by atoms with Crippen LogP contribution >= 0.6 is 0 Å². The number of nitrogens with one attached hydrogen (secondary N) is 1. The number of carbonyl (C=O) groups excluding carboxylic acids is 1. The number of aromatic amines is 1. The van der Waals surface area contributed by atoms with Gasteiger partial charge in [-0.05, 0) is 70.5 Å². The normalized spacial score (nSPS) is 13.1. The fourth-order valence-corrected chi connectivity index (χ4v) is 3.37. The molecule has 1 atom stereocenters. The van der Waals surface area contributed by atoms with E-state index in [9.17, 15) is 22.8 Å². The lowest BCUT2D eigenvalue weighted by Gasteiger charge is -2.23. The van der Waals surface area contributed by atoms with Crippen molar-refractivity contribution in [3.63, 3.8) is 0 Å². The minimum absolute atomic E-state index is 0.0381. The van der Waals surface area contributed by atoms with Gasteiger partial charge in [0, 0.05) is 5.56 Å². The van der Waals surface area contributed by atoms with E-state index in [0.717, 1.165) is 6.07 Å². The van der Waals surface area contributed by atoms with Crippen molar-refractivity contribution in [2.75, 3.05) is 0 Å². The number of benzene rings is 2. The van der Waals surface area contributed by atoms with Crippen molar-refractivity contribution in [2.24, 2.45) is 0 Å².